The first-order valence-corrected chi connectivity index (χ1v) is 6.94. The van der Waals surface area contributed by atoms with Gasteiger partial charge in [-0.2, -0.15) is 0 Å². The van der Waals surface area contributed by atoms with Gasteiger partial charge in [0.25, 0.3) is 0 Å². The van der Waals surface area contributed by atoms with Gasteiger partial charge in [0.2, 0.25) is 5.91 Å². The number of nitrogens with zero attached hydrogens (tertiary/aromatic N) is 1. The fourth-order valence-electron chi connectivity index (χ4n) is 2.45. The van der Waals surface area contributed by atoms with Crippen molar-refractivity contribution < 1.29 is 4.79 Å². The van der Waals surface area contributed by atoms with E-state index in [1.807, 2.05) is 20.8 Å². The first-order chi connectivity index (χ1) is 7.90. The second kappa shape index (κ2) is 6.39. The average Bonchev–Trinajstić information content (AvgIpc) is 2.59. The fraction of sp³-hybridized carbons (Fsp3) is 0.929. The molecule has 0 bridgehead atoms. The van der Waals surface area contributed by atoms with Crippen LogP contribution in [0.25, 0.3) is 0 Å². The first-order valence-electron chi connectivity index (χ1n) is 6.94. The summed E-state index contributed by atoms with van der Waals surface area (Å²) in [4.78, 5) is 14.1. The number of hydrogen-bond donors (Lipinski definition) is 1. The minimum absolute atomic E-state index is 0.113. The van der Waals surface area contributed by atoms with Gasteiger partial charge in [0.05, 0.1) is 6.54 Å². The molecule has 1 atom stereocenters. The van der Waals surface area contributed by atoms with Crippen molar-refractivity contribution in [3.63, 3.8) is 0 Å². The van der Waals surface area contributed by atoms with Crippen molar-refractivity contribution in [2.24, 2.45) is 5.92 Å². The Balaban J connectivity index is 2.23. The van der Waals surface area contributed by atoms with Crippen molar-refractivity contribution in [1.29, 1.82) is 0 Å². The van der Waals surface area contributed by atoms with E-state index in [0.29, 0.717) is 6.54 Å². The Morgan fingerprint density at radius 3 is 2.71 bits per heavy atom. The van der Waals surface area contributed by atoms with E-state index < -0.39 is 0 Å². The van der Waals surface area contributed by atoms with Crippen LogP contribution >= 0.6 is 0 Å². The molecule has 1 heterocycles. The van der Waals surface area contributed by atoms with Crippen LogP contribution in [0.15, 0.2) is 0 Å². The monoisotopic (exact) mass is 240 g/mol. The molecule has 1 fully saturated rings. The zero-order valence-corrected chi connectivity index (χ0v) is 11.9. The summed E-state index contributed by atoms with van der Waals surface area (Å²) < 4.78 is 0. The molecule has 1 aliphatic rings. The molecule has 1 aliphatic heterocycles. The van der Waals surface area contributed by atoms with E-state index in [1.54, 1.807) is 0 Å². The molecule has 0 aromatic heterocycles. The summed E-state index contributed by atoms with van der Waals surface area (Å²) in [7, 11) is 0. The lowest BCUT2D eigenvalue weighted by Crippen LogP contribution is -2.45. The predicted molar refractivity (Wildman–Crippen MR) is 72.0 cm³/mol. The van der Waals surface area contributed by atoms with Crippen LogP contribution in [-0.4, -0.2) is 36.0 Å². The number of carbonyl (C=O) groups excluding carboxylic acids is 1. The zero-order chi connectivity index (χ0) is 12.9. The van der Waals surface area contributed by atoms with Crippen LogP contribution < -0.4 is 5.32 Å². The third kappa shape index (κ3) is 6.06. The van der Waals surface area contributed by atoms with Gasteiger partial charge in [0.1, 0.15) is 0 Å². The summed E-state index contributed by atoms with van der Waals surface area (Å²) in [6, 6.07) is 0. The Hall–Kier alpha value is -0.570. The highest BCUT2D eigenvalue weighted by Gasteiger charge is 2.24. The van der Waals surface area contributed by atoms with Crippen molar-refractivity contribution in [3.05, 3.63) is 0 Å². The van der Waals surface area contributed by atoms with E-state index in [2.05, 4.69) is 17.1 Å². The molecule has 1 saturated heterocycles. The molecular formula is C14H28N2O. The number of carbonyl (C=O) groups is 1. The van der Waals surface area contributed by atoms with Gasteiger partial charge in [-0.1, -0.05) is 19.8 Å². The summed E-state index contributed by atoms with van der Waals surface area (Å²) in [5, 5.41) is 3.02. The number of amides is 1. The van der Waals surface area contributed by atoms with E-state index in [-0.39, 0.29) is 11.4 Å². The Kier molecular flexibility index (Phi) is 5.44. The maximum absolute atomic E-state index is 11.8. The molecule has 0 aromatic carbocycles. The molecule has 0 saturated carbocycles. The van der Waals surface area contributed by atoms with Crippen molar-refractivity contribution >= 4 is 5.91 Å². The van der Waals surface area contributed by atoms with Gasteiger partial charge in [0, 0.05) is 12.1 Å². The van der Waals surface area contributed by atoms with Gasteiger partial charge in [-0.05, 0) is 46.1 Å². The summed E-state index contributed by atoms with van der Waals surface area (Å²) >= 11 is 0. The Labute approximate surface area is 106 Å². The van der Waals surface area contributed by atoms with Crippen molar-refractivity contribution in [2.45, 2.75) is 58.9 Å². The highest BCUT2D eigenvalue weighted by molar-refractivity contribution is 5.78. The topological polar surface area (TPSA) is 32.3 Å². The van der Waals surface area contributed by atoms with E-state index in [4.69, 9.17) is 0 Å². The molecule has 0 radical (unpaired) electrons. The Morgan fingerprint density at radius 1 is 1.41 bits per heavy atom. The summed E-state index contributed by atoms with van der Waals surface area (Å²) in [5.41, 5.74) is -0.113. The van der Waals surface area contributed by atoms with Crippen LogP contribution in [0.3, 0.4) is 0 Å². The molecule has 100 valence electrons. The molecule has 0 aliphatic carbocycles. The predicted octanol–water partition coefficient (Wildman–Crippen LogP) is 2.41. The van der Waals surface area contributed by atoms with E-state index in [0.717, 1.165) is 19.0 Å². The van der Waals surface area contributed by atoms with E-state index in [9.17, 15) is 4.79 Å². The fourth-order valence-corrected chi connectivity index (χ4v) is 2.45. The maximum atomic E-state index is 11.8. The number of hydrogen-bond acceptors (Lipinski definition) is 2. The number of rotatable bonds is 5. The molecule has 1 amide bonds. The van der Waals surface area contributed by atoms with Gasteiger partial charge < -0.3 is 5.32 Å². The lowest BCUT2D eigenvalue weighted by atomic mass is 10.0. The second-order valence-electron chi connectivity index (χ2n) is 6.33. The second-order valence-corrected chi connectivity index (χ2v) is 6.33. The standard InChI is InChI=1S/C14H28N2O/c1-5-6-7-12-8-9-16(10-12)11-13(17)15-14(2,3)4/h12H,5-11H2,1-4H3,(H,15,17). The van der Waals surface area contributed by atoms with Crippen molar-refractivity contribution in [1.82, 2.24) is 10.2 Å². The molecule has 0 aromatic rings. The SMILES string of the molecule is CCCCC1CCN(CC(=O)NC(C)(C)C)C1. The van der Waals surface area contributed by atoms with Crippen LogP contribution in [0.1, 0.15) is 53.4 Å². The van der Waals surface area contributed by atoms with Gasteiger partial charge in [-0.3, -0.25) is 9.69 Å². The Bertz CT molecular complexity index is 245. The third-order valence-electron chi connectivity index (χ3n) is 3.22. The van der Waals surface area contributed by atoms with E-state index in [1.165, 1.54) is 25.7 Å². The molecule has 3 heteroatoms. The van der Waals surface area contributed by atoms with Crippen LogP contribution in [0.4, 0.5) is 0 Å². The Morgan fingerprint density at radius 2 is 2.12 bits per heavy atom. The van der Waals surface area contributed by atoms with Gasteiger partial charge in [-0.15, -0.1) is 0 Å². The molecule has 0 spiro atoms. The highest BCUT2D eigenvalue weighted by atomic mass is 16.2. The number of nitrogens with one attached hydrogen (secondary N) is 1. The molecular weight excluding hydrogens is 212 g/mol. The summed E-state index contributed by atoms with van der Waals surface area (Å²) in [6.45, 7) is 11.1. The minimum atomic E-state index is -0.113. The van der Waals surface area contributed by atoms with Gasteiger partial charge in [0.15, 0.2) is 0 Å². The van der Waals surface area contributed by atoms with Crippen LogP contribution in [-0.2, 0) is 4.79 Å². The normalized spacial score (nSPS) is 21.8. The van der Waals surface area contributed by atoms with Crippen molar-refractivity contribution in [2.75, 3.05) is 19.6 Å². The van der Waals surface area contributed by atoms with Crippen LogP contribution in [0.5, 0.6) is 0 Å². The van der Waals surface area contributed by atoms with Crippen molar-refractivity contribution in [3.8, 4) is 0 Å². The lowest BCUT2D eigenvalue weighted by molar-refractivity contribution is -0.123. The van der Waals surface area contributed by atoms with Gasteiger partial charge >= 0.3 is 0 Å². The molecule has 17 heavy (non-hydrogen) atoms. The smallest absolute Gasteiger partial charge is 0.234 e. The van der Waals surface area contributed by atoms with E-state index >= 15 is 0 Å². The lowest BCUT2D eigenvalue weighted by Gasteiger charge is -2.23. The van der Waals surface area contributed by atoms with Crippen LogP contribution in [0.2, 0.25) is 0 Å². The number of likely N-dealkylation sites (tertiary alicyclic amines) is 1. The third-order valence-corrected chi connectivity index (χ3v) is 3.22. The quantitative estimate of drug-likeness (QED) is 0.800. The molecule has 1 unspecified atom stereocenters. The van der Waals surface area contributed by atoms with Crippen LogP contribution in [0, 0.1) is 5.92 Å². The highest BCUT2D eigenvalue weighted by Crippen LogP contribution is 2.21. The summed E-state index contributed by atoms with van der Waals surface area (Å²) in [5.74, 6) is 0.978. The first kappa shape index (κ1) is 14.5. The van der Waals surface area contributed by atoms with Gasteiger partial charge in [-0.25, -0.2) is 0 Å². The zero-order valence-electron chi connectivity index (χ0n) is 11.9. The average molecular weight is 240 g/mol. The maximum Gasteiger partial charge on any atom is 0.234 e. The molecule has 1 N–H and O–H groups in total. The largest absolute Gasteiger partial charge is 0.350 e. The molecule has 3 nitrogen and oxygen atoms in total. The molecule has 1 rings (SSSR count). The minimum Gasteiger partial charge on any atom is -0.350 e. The number of unbranched alkanes of at least 4 members (excludes halogenated alkanes) is 1. The summed E-state index contributed by atoms with van der Waals surface area (Å²) in [6.07, 6.45) is 5.20.